The van der Waals surface area contributed by atoms with Crippen LogP contribution in [0.5, 0.6) is 0 Å². The van der Waals surface area contributed by atoms with Gasteiger partial charge in [-0.3, -0.25) is 9.58 Å². The highest BCUT2D eigenvalue weighted by atomic mass is 15.3. The zero-order valence-electron chi connectivity index (χ0n) is 15.4. The van der Waals surface area contributed by atoms with Crippen LogP contribution in [0.4, 0.5) is 0 Å². The number of imidazole rings is 1. The van der Waals surface area contributed by atoms with Crippen LogP contribution in [0.15, 0.2) is 24.9 Å². The summed E-state index contributed by atoms with van der Waals surface area (Å²) in [5.41, 5.74) is 2.62. The molecule has 1 fully saturated rings. The molecule has 1 aliphatic heterocycles. The monoisotopic (exact) mass is 330 g/mol. The minimum absolute atomic E-state index is 0.451. The van der Waals surface area contributed by atoms with E-state index in [-0.39, 0.29) is 0 Å². The molecule has 0 unspecified atom stereocenters. The van der Waals surface area contributed by atoms with Gasteiger partial charge in [-0.2, -0.15) is 5.10 Å². The standard InChI is InChI=1S/C18H30N6/c1-5-24-12-15(9-20-24)11-21(2)13-16-7-6-8-22(3)18(16)17-10-19-14-23(17)4/h9-10,12,14,16,18H,5-8,11,13H2,1-4H3/t16-,18+/m0/s1. The van der Waals surface area contributed by atoms with Crippen molar-refractivity contribution in [2.75, 3.05) is 27.2 Å². The van der Waals surface area contributed by atoms with Crippen molar-refractivity contribution in [3.63, 3.8) is 0 Å². The van der Waals surface area contributed by atoms with Crippen LogP contribution in [0.1, 0.15) is 37.1 Å². The Kier molecular flexibility index (Phi) is 5.36. The average molecular weight is 330 g/mol. The topological polar surface area (TPSA) is 42.1 Å². The minimum Gasteiger partial charge on any atom is -0.336 e. The maximum absolute atomic E-state index is 4.38. The first-order valence-electron chi connectivity index (χ1n) is 8.94. The van der Waals surface area contributed by atoms with Crippen LogP contribution in [0.25, 0.3) is 0 Å². The van der Waals surface area contributed by atoms with E-state index in [2.05, 4.69) is 58.7 Å². The Hall–Kier alpha value is -1.66. The van der Waals surface area contributed by atoms with Gasteiger partial charge in [0, 0.05) is 44.6 Å². The van der Waals surface area contributed by atoms with Gasteiger partial charge >= 0.3 is 0 Å². The second-order valence-corrected chi connectivity index (χ2v) is 7.16. The van der Waals surface area contributed by atoms with Crippen molar-refractivity contribution in [3.05, 3.63) is 36.2 Å². The summed E-state index contributed by atoms with van der Waals surface area (Å²) in [6.07, 6.45) is 10.6. The number of aromatic nitrogens is 4. The molecule has 0 amide bonds. The SMILES string of the molecule is CCn1cc(CN(C)C[C@@H]2CCCN(C)[C@H]2c2cncn2C)cn1. The molecule has 24 heavy (non-hydrogen) atoms. The van der Waals surface area contributed by atoms with Crippen LogP contribution in [-0.4, -0.2) is 56.3 Å². The maximum atomic E-state index is 4.38. The summed E-state index contributed by atoms with van der Waals surface area (Å²) in [4.78, 5) is 9.27. The lowest BCUT2D eigenvalue weighted by Crippen LogP contribution is -2.41. The van der Waals surface area contributed by atoms with Crippen LogP contribution in [0.2, 0.25) is 0 Å². The van der Waals surface area contributed by atoms with Gasteiger partial charge in [-0.25, -0.2) is 4.98 Å². The lowest BCUT2D eigenvalue weighted by Gasteiger charge is -2.40. The highest BCUT2D eigenvalue weighted by Crippen LogP contribution is 2.35. The van der Waals surface area contributed by atoms with E-state index in [0.717, 1.165) is 19.6 Å². The second kappa shape index (κ2) is 7.49. The fraction of sp³-hybridized carbons (Fsp3) is 0.667. The van der Waals surface area contributed by atoms with Crippen LogP contribution in [0.3, 0.4) is 0 Å². The van der Waals surface area contributed by atoms with E-state index in [4.69, 9.17) is 0 Å². The molecule has 1 saturated heterocycles. The van der Waals surface area contributed by atoms with Crippen molar-refractivity contribution < 1.29 is 0 Å². The second-order valence-electron chi connectivity index (χ2n) is 7.16. The van der Waals surface area contributed by atoms with Crippen LogP contribution >= 0.6 is 0 Å². The zero-order valence-corrected chi connectivity index (χ0v) is 15.4. The van der Waals surface area contributed by atoms with E-state index < -0.39 is 0 Å². The van der Waals surface area contributed by atoms with Crippen LogP contribution in [0, 0.1) is 5.92 Å². The summed E-state index contributed by atoms with van der Waals surface area (Å²) < 4.78 is 4.17. The first kappa shape index (κ1) is 17.2. The molecule has 6 nitrogen and oxygen atoms in total. The molecule has 0 radical (unpaired) electrons. The molecule has 0 bridgehead atoms. The molecule has 0 aromatic carbocycles. The van der Waals surface area contributed by atoms with Gasteiger partial charge in [0.05, 0.1) is 24.3 Å². The average Bonchev–Trinajstić information content (AvgIpc) is 3.16. The number of aryl methyl sites for hydroxylation is 2. The predicted octanol–water partition coefficient (Wildman–Crippen LogP) is 2.15. The molecule has 1 aliphatic rings. The molecular weight excluding hydrogens is 300 g/mol. The van der Waals surface area contributed by atoms with Crippen molar-refractivity contribution in [1.29, 1.82) is 0 Å². The van der Waals surface area contributed by atoms with Gasteiger partial charge in [0.25, 0.3) is 0 Å². The Morgan fingerprint density at radius 3 is 2.79 bits per heavy atom. The smallest absolute Gasteiger partial charge is 0.0946 e. The van der Waals surface area contributed by atoms with Crippen molar-refractivity contribution in [3.8, 4) is 0 Å². The summed E-state index contributed by atoms with van der Waals surface area (Å²) in [7, 11) is 6.57. The number of nitrogens with zero attached hydrogens (tertiary/aromatic N) is 6. The van der Waals surface area contributed by atoms with Crippen LogP contribution < -0.4 is 0 Å². The minimum atomic E-state index is 0.451. The highest BCUT2D eigenvalue weighted by molar-refractivity contribution is 5.09. The Balaban J connectivity index is 1.68. The van der Waals surface area contributed by atoms with Gasteiger partial charge in [0.15, 0.2) is 0 Å². The summed E-state index contributed by atoms with van der Waals surface area (Å²) in [5.74, 6) is 0.630. The van der Waals surface area contributed by atoms with Gasteiger partial charge in [0.2, 0.25) is 0 Å². The molecule has 3 rings (SSSR count). The first-order valence-corrected chi connectivity index (χ1v) is 8.94. The first-order chi connectivity index (χ1) is 11.6. The number of hydrogen-bond donors (Lipinski definition) is 0. The van der Waals surface area contributed by atoms with Crippen molar-refractivity contribution in [1.82, 2.24) is 29.1 Å². The van der Waals surface area contributed by atoms with Crippen molar-refractivity contribution in [2.45, 2.75) is 38.9 Å². The summed E-state index contributed by atoms with van der Waals surface area (Å²) in [6.45, 7) is 6.27. The van der Waals surface area contributed by atoms with Crippen LogP contribution in [-0.2, 0) is 20.1 Å². The number of hydrogen-bond acceptors (Lipinski definition) is 4. The van der Waals surface area contributed by atoms with E-state index in [1.807, 2.05) is 23.4 Å². The third-order valence-corrected chi connectivity index (χ3v) is 5.17. The molecule has 2 atom stereocenters. The van der Waals surface area contributed by atoms with E-state index in [1.54, 1.807) is 0 Å². The third kappa shape index (κ3) is 3.70. The van der Waals surface area contributed by atoms with Gasteiger partial charge in [-0.1, -0.05) is 0 Å². The van der Waals surface area contributed by atoms with E-state index in [9.17, 15) is 0 Å². The zero-order chi connectivity index (χ0) is 17.1. The third-order valence-electron chi connectivity index (χ3n) is 5.17. The van der Waals surface area contributed by atoms with E-state index in [0.29, 0.717) is 12.0 Å². The van der Waals surface area contributed by atoms with Gasteiger partial charge in [-0.15, -0.1) is 0 Å². The van der Waals surface area contributed by atoms with E-state index >= 15 is 0 Å². The maximum Gasteiger partial charge on any atom is 0.0946 e. The van der Waals surface area contributed by atoms with Gasteiger partial charge < -0.3 is 9.47 Å². The fourth-order valence-corrected chi connectivity index (χ4v) is 4.01. The highest BCUT2D eigenvalue weighted by Gasteiger charge is 2.32. The summed E-state index contributed by atoms with van der Waals surface area (Å²) in [5, 5.41) is 4.38. The molecule has 2 aromatic heterocycles. The largest absolute Gasteiger partial charge is 0.336 e. The molecule has 3 heterocycles. The lowest BCUT2D eigenvalue weighted by molar-refractivity contribution is 0.0880. The van der Waals surface area contributed by atoms with Gasteiger partial charge in [-0.05, 0) is 46.3 Å². The summed E-state index contributed by atoms with van der Waals surface area (Å²) in [6, 6.07) is 0.451. The van der Waals surface area contributed by atoms with E-state index in [1.165, 1.54) is 30.6 Å². The predicted molar refractivity (Wildman–Crippen MR) is 95.5 cm³/mol. The Morgan fingerprint density at radius 2 is 2.12 bits per heavy atom. The molecule has 0 N–H and O–H groups in total. The number of likely N-dealkylation sites (tertiary alicyclic amines) is 1. The fourth-order valence-electron chi connectivity index (χ4n) is 4.01. The number of rotatable bonds is 6. The Bertz CT molecular complexity index is 645. The molecule has 2 aromatic rings. The molecule has 132 valence electrons. The molecule has 0 saturated carbocycles. The molecule has 0 aliphatic carbocycles. The molecule has 0 spiro atoms. The van der Waals surface area contributed by atoms with Gasteiger partial charge in [0.1, 0.15) is 0 Å². The molecular formula is C18H30N6. The molecule has 6 heteroatoms. The Labute approximate surface area is 145 Å². The Morgan fingerprint density at radius 1 is 1.29 bits per heavy atom. The number of piperidine rings is 1. The lowest BCUT2D eigenvalue weighted by atomic mass is 9.87. The van der Waals surface area contributed by atoms with Crippen molar-refractivity contribution >= 4 is 0 Å². The van der Waals surface area contributed by atoms with Crippen molar-refractivity contribution in [2.24, 2.45) is 13.0 Å². The quantitative estimate of drug-likeness (QED) is 0.814. The normalized spacial score (nSPS) is 22.4. The summed E-state index contributed by atoms with van der Waals surface area (Å²) >= 11 is 0.